The van der Waals surface area contributed by atoms with Gasteiger partial charge >= 0.3 is 0 Å². The van der Waals surface area contributed by atoms with E-state index < -0.39 is 0 Å². The molecule has 0 radical (unpaired) electrons. The van der Waals surface area contributed by atoms with Crippen LogP contribution in [-0.2, 0) is 24.2 Å². The molecule has 0 aromatic heterocycles. The molecule has 0 heterocycles. The number of benzene rings is 1. The van der Waals surface area contributed by atoms with Crippen LogP contribution in [0.25, 0.3) is 0 Å². The van der Waals surface area contributed by atoms with Crippen molar-refractivity contribution in [3.63, 3.8) is 0 Å². The van der Waals surface area contributed by atoms with E-state index in [2.05, 4.69) is 23.5 Å². The Morgan fingerprint density at radius 3 is 2.94 bits per heavy atom. The summed E-state index contributed by atoms with van der Waals surface area (Å²) in [5.74, 6) is 0.156. The number of hydrogen-bond donors (Lipinski definition) is 1. The standard InChI is InChI=1S/C14H19NO/c1-2-4-14(16)15-10-11-7-8-12-5-3-6-13(12)9-11/h7-9H,2-6,10H2,1H3,(H,15,16). The summed E-state index contributed by atoms with van der Waals surface area (Å²) < 4.78 is 0. The van der Waals surface area contributed by atoms with Gasteiger partial charge in [0.05, 0.1) is 0 Å². The van der Waals surface area contributed by atoms with Gasteiger partial charge in [0.1, 0.15) is 0 Å². The second-order valence-corrected chi connectivity index (χ2v) is 4.48. The average Bonchev–Trinajstić information content (AvgIpc) is 2.74. The van der Waals surface area contributed by atoms with E-state index in [1.807, 2.05) is 6.92 Å². The van der Waals surface area contributed by atoms with Gasteiger partial charge in [-0.1, -0.05) is 25.1 Å². The molecule has 16 heavy (non-hydrogen) atoms. The van der Waals surface area contributed by atoms with Crippen LogP contribution in [0.2, 0.25) is 0 Å². The Hall–Kier alpha value is -1.31. The Bertz CT molecular complexity index is 384. The number of fused-ring (bicyclic) bond motifs is 1. The predicted octanol–water partition coefficient (Wildman–Crippen LogP) is 2.59. The van der Waals surface area contributed by atoms with Gasteiger partial charge in [0.15, 0.2) is 0 Å². The molecule has 0 saturated heterocycles. The highest BCUT2D eigenvalue weighted by Crippen LogP contribution is 2.22. The molecule has 0 bridgehead atoms. The van der Waals surface area contributed by atoms with Crippen molar-refractivity contribution in [3.8, 4) is 0 Å². The first-order valence-electron chi connectivity index (χ1n) is 6.17. The van der Waals surface area contributed by atoms with Crippen LogP contribution in [0.4, 0.5) is 0 Å². The largest absolute Gasteiger partial charge is 0.352 e. The van der Waals surface area contributed by atoms with E-state index in [4.69, 9.17) is 0 Å². The maximum absolute atomic E-state index is 11.3. The van der Waals surface area contributed by atoms with Crippen LogP contribution in [0, 0.1) is 0 Å². The Morgan fingerprint density at radius 1 is 1.31 bits per heavy atom. The molecule has 1 aliphatic carbocycles. The first-order valence-corrected chi connectivity index (χ1v) is 6.17. The second kappa shape index (κ2) is 5.15. The average molecular weight is 217 g/mol. The predicted molar refractivity (Wildman–Crippen MR) is 65.2 cm³/mol. The third kappa shape index (κ3) is 2.63. The van der Waals surface area contributed by atoms with Gasteiger partial charge in [0.2, 0.25) is 5.91 Å². The normalized spacial score (nSPS) is 13.6. The van der Waals surface area contributed by atoms with Crippen molar-refractivity contribution in [2.75, 3.05) is 0 Å². The number of aryl methyl sites for hydroxylation is 2. The lowest BCUT2D eigenvalue weighted by Crippen LogP contribution is -2.22. The van der Waals surface area contributed by atoms with Gasteiger partial charge in [-0.3, -0.25) is 4.79 Å². The van der Waals surface area contributed by atoms with E-state index in [-0.39, 0.29) is 5.91 Å². The summed E-state index contributed by atoms with van der Waals surface area (Å²) in [6.45, 7) is 2.70. The highest BCUT2D eigenvalue weighted by Gasteiger charge is 2.10. The fourth-order valence-electron chi connectivity index (χ4n) is 2.25. The summed E-state index contributed by atoms with van der Waals surface area (Å²) in [5, 5.41) is 2.95. The Kier molecular flexibility index (Phi) is 3.60. The molecule has 0 aliphatic heterocycles. The lowest BCUT2D eigenvalue weighted by molar-refractivity contribution is -0.121. The second-order valence-electron chi connectivity index (χ2n) is 4.48. The van der Waals surface area contributed by atoms with Crippen molar-refractivity contribution < 1.29 is 4.79 Å². The SMILES string of the molecule is CCCC(=O)NCc1ccc2c(c1)CCC2. The van der Waals surface area contributed by atoms with Crippen molar-refractivity contribution in [2.24, 2.45) is 0 Å². The topological polar surface area (TPSA) is 29.1 Å². The smallest absolute Gasteiger partial charge is 0.220 e. The zero-order valence-electron chi connectivity index (χ0n) is 9.88. The summed E-state index contributed by atoms with van der Waals surface area (Å²) in [5.41, 5.74) is 4.19. The van der Waals surface area contributed by atoms with Crippen molar-refractivity contribution in [2.45, 2.75) is 45.6 Å². The molecule has 1 N–H and O–H groups in total. The molecular formula is C14H19NO. The third-order valence-electron chi connectivity index (χ3n) is 3.13. The van der Waals surface area contributed by atoms with Crippen LogP contribution in [0.1, 0.15) is 42.9 Å². The highest BCUT2D eigenvalue weighted by atomic mass is 16.1. The van der Waals surface area contributed by atoms with E-state index in [0.29, 0.717) is 13.0 Å². The van der Waals surface area contributed by atoms with E-state index in [1.54, 1.807) is 0 Å². The molecule has 1 aromatic rings. The monoisotopic (exact) mass is 217 g/mol. The van der Waals surface area contributed by atoms with E-state index in [0.717, 1.165) is 6.42 Å². The van der Waals surface area contributed by atoms with E-state index in [1.165, 1.54) is 36.0 Å². The summed E-state index contributed by atoms with van der Waals surface area (Å²) in [7, 11) is 0. The number of carbonyl (C=O) groups is 1. The van der Waals surface area contributed by atoms with E-state index in [9.17, 15) is 4.79 Å². The molecule has 1 amide bonds. The lowest BCUT2D eigenvalue weighted by Gasteiger charge is -2.06. The molecule has 2 nitrogen and oxygen atoms in total. The minimum Gasteiger partial charge on any atom is -0.352 e. The minimum absolute atomic E-state index is 0.156. The molecular weight excluding hydrogens is 198 g/mol. The zero-order chi connectivity index (χ0) is 11.4. The van der Waals surface area contributed by atoms with Gasteiger partial charge < -0.3 is 5.32 Å². The summed E-state index contributed by atoms with van der Waals surface area (Å²) in [6.07, 6.45) is 5.24. The maximum atomic E-state index is 11.3. The molecule has 1 aliphatic rings. The zero-order valence-corrected chi connectivity index (χ0v) is 9.88. The van der Waals surface area contributed by atoms with Gasteiger partial charge in [-0.25, -0.2) is 0 Å². The summed E-state index contributed by atoms with van der Waals surface area (Å²) >= 11 is 0. The molecule has 86 valence electrons. The highest BCUT2D eigenvalue weighted by molar-refractivity contribution is 5.75. The van der Waals surface area contributed by atoms with Gasteiger partial charge in [-0.2, -0.15) is 0 Å². The number of carbonyl (C=O) groups excluding carboxylic acids is 1. The van der Waals surface area contributed by atoms with E-state index >= 15 is 0 Å². The third-order valence-corrected chi connectivity index (χ3v) is 3.13. The molecule has 2 rings (SSSR count). The molecule has 0 unspecified atom stereocenters. The summed E-state index contributed by atoms with van der Waals surface area (Å²) in [4.78, 5) is 11.3. The van der Waals surface area contributed by atoms with Gasteiger partial charge in [-0.05, 0) is 42.4 Å². The summed E-state index contributed by atoms with van der Waals surface area (Å²) in [6, 6.07) is 6.59. The molecule has 2 heteroatoms. The number of nitrogens with one attached hydrogen (secondary N) is 1. The minimum atomic E-state index is 0.156. The lowest BCUT2D eigenvalue weighted by atomic mass is 10.1. The van der Waals surface area contributed by atoms with Crippen molar-refractivity contribution >= 4 is 5.91 Å². The van der Waals surface area contributed by atoms with Gasteiger partial charge in [-0.15, -0.1) is 0 Å². The molecule has 0 fully saturated rings. The maximum Gasteiger partial charge on any atom is 0.220 e. The molecule has 0 atom stereocenters. The molecule has 0 saturated carbocycles. The first kappa shape index (κ1) is 11.2. The van der Waals surface area contributed by atoms with Crippen LogP contribution in [-0.4, -0.2) is 5.91 Å². The quantitative estimate of drug-likeness (QED) is 0.825. The fourth-order valence-corrected chi connectivity index (χ4v) is 2.25. The Balaban J connectivity index is 1.93. The van der Waals surface area contributed by atoms with Crippen molar-refractivity contribution in [1.82, 2.24) is 5.32 Å². The van der Waals surface area contributed by atoms with Crippen LogP contribution < -0.4 is 5.32 Å². The fraction of sp³-hybridized carbons (Fsp3) is 0.500. The van der Waals surface area contributed by atoms with Crippen LogP contribution in [0.15, 0.2) is 18.2 Å². The van der Waals surface area contributed by atoms with Crippen molar-refractivity contribution in [3.05, 3.63) is 34.9 Å². The van der Waals surface area contributed by atoms with Crippen LogP contribution >= 0.6 is 0 Å². The first-order chi connectivity index (χ1) is 7.79. The van der Waals surface area contributed by atoms with Crippen molar-refractivity contribution in [1.29, 1.82) is 0 Å². The molecule has 1 aromatic carbocycles. The number of rotatable bonds is 4. The number of amides is 1. The van der Waals surface area contributed by atoms with Crippen LogP contribution in [0.5, 0.6) is 0 Å². The Labute approximate surface area is 97.1 Å². The van der Waals surface area contributed by atoms with Gasteiger partial charge in [0.25, 0.3) is 0 Å². The Morgan fingerprint density at radius 2 is 2.12 bits per heavy atom. The number of hydrogen-bond acceptors (Lipinski definition) is 1. The van der Waals surface area contributed by atoms with Gasteiger partial charge in [0, 0.05) is 13.0 Å². The molecule has 0 spiro atoms. The van der Waals surface area contributed by atoms with Crippen LogP contribution in [0.3, 0.4) is 0 Å².